The molecule has 0 spiro atoms. The van der Waals surface area contributed by atoms with Gasteiger partial charge in [-0.1, -0.05) is 0 Å². The molecular formula is C11H22N2O2. The first-order valence-corrected chi connectivity index (χ1v) is 5.81. The van der Waals surface area contributed by atoms with Crippen LogP contribution in [0, 0.1) is 0 Å². The summed E-state index contributed by atoms with van der Waals surface area (Å²) >= 11 is 0. The summed E-state index contributed by atoms with van der Waals surface area (Å²) in [5, 5.41) is 9.42. The van der Waals surface area contributed by atoms with Gasteiger partial charge in [-0.3, -0.25) is 9.69 Å². The van der Waals surface area contributed by atoms with Gasteiger partial charge < -0.3 is 10.0 Å². The van der Waals surface area contributed by atoms with Gasteiger partial charge in [0.05, 0.1) is 12.1 Å². The molecule has 15 heavy (non-hydrogen) atoms. The van der Waals surface area contributed by atoms with Crippen molar-refractivity contribution in [2.45, 2.75) is 39.3 Å². The fraction of sp³-hybridized carbons (Fsp3) is 0.909. The van der Waals surface area contributed by atoms with Gasteiger partial charge in [-0.15, -0.1) is 0 Å². The van der Waals surface area contributed by atoms with E-state index in [2.05, 4.69) is 4.90 Å². The highest BCUT2D eigenvalue weighted by Gasteiger charge is 2.30. The molecule has 1 saturated heterocycles. The van der Waals surface area contributed by atoms with Gasteiger partial charge in [0.15, 0.2) is 0 Å². The summed E-state index contributed by atoms with van der Waals surface area (Å²) in [7, 11) is 0. The Morgan fingerprint density at radius 3 is 2.53 bits per heavy atom. The number of aliphatic hydroxyl groups excluding tert-OH is 1. The molecular weight excluding hydrogens is 192 g/mol. The maximum absolute atomic E-state index is 12.0. The van der Waals surface area contributed by atoms with Crippen LogP contribution in [0.2, 0.25) is 0 Å². The van der Waals surface area contributed by atoms with Crippen molar-refractivity contribution in [1.29, 1.82) is 0 Å². The number of aliphatic hydroxyl groups is 1. The maximum Gasteiger partial charge on any atom is 0.239 e. The Bertz CT molecular complexity index is 217. The van der Waals surface area contributed by atoms with Crippen molar-refractivity contribution in [3.05, 3.63) is 0 Å². The average molecular weight is 214 g/mol. The molecule has 1 aliphatic heterocycles. The third-order valence-corrected chi connectivity index (χ3v) is 3.18. The van der Waals surface area contributed by atoms with E-state index in [0.29, 0.717) is 6.54 Å². The van der Waals surface area contributed by atoms with Crippen LogP contribution in [-0.4, -0.2) is 59.1 Å². The number of hydrogen-bond acceptors (Lipinski definition) is 3. The third kappa shape index (κ3) is 2.92. The number of β-amino-alcohol motifs (C(OH)–C–C–N with tert-alkyl or cyclic N) is 1. The van der Waals surface area contributed by atoms with Gasteiger partial charge >= 0.3 is 0 Å². The predicted molar refractivity (Wildman–Crippen MR) is 59.6 cm³/mol. The number of amides is 1. The first kappa shape index (κ1) is 12.5. The number of carbonyl (C=O) groups excluding carboxylic acids is 1. The van der Waals surface area contributed by atoms with Crippen molar-refractivity contribution in [2.75, 3.05) is 26.2 Å². The Hall–Kier alpha value is -0.610. The molecule has 2 unspecified atom stereocenters. The van der Waals surface area contributed by atoms with Gasteiger partial charge in [0.2, 0.25) is 5.91 Å². The molecule has 0 aromatic carbocycles. The lowest BCUT2D eigenvalue weighted by atomic mass is 10.2. The number of nitrogens with zero attached hydrogens (tertiary/aromatic N) is 2. The summed E-state index contributed by atoms with van der Waals surface area (Å²) in [5.74, 6) is 0.175. The SMILES string of the molecule is CCN(CC)C(=O)C(C)N1CCC(O)C1. The smallest absolute Gasteiger partial charge is 0.239 e. The zero-order valence-electron chi connectivity index (χ0n) is 9.94. The predicted octanol–water partition coefficient (Wildman–Crippen LogP) is 0.310. The van der Waals surface area contributed by atoms with Gasteiger partial charge in [0.25, 0.3) is 0 Å². The van der Waals surface area contributed by atoms with Gasteiger partial charge in [0.1, 0.15) is 0 Å². The van der Waals surface area contributed by atoms with Crippen LogP contribution in [0.1, 0.15) is 27.2 Å². The van der Waals surface area contributed by atoms with Crippen molar-refractivity contribution < 1.29 is 9.90 Å². The minimum Gasteiger partial charge on any atom is -0.392 e. The molecule has 1 aliphatic rings. The first-order valence-electron chi connectivity index (χ1n) is 5.81. The summed E-state index contributed by atoms with van der Waals surface area (Å²) in [6.07, 6.45) is 0.535. The van der Waals surface area contributed by atoms with Crippen LogP contribution < -0.4 is 0 Å². The molecule has 4 heteroatoms. The number of carbonyl (C=O) groups is 1. The fourth-order valence-corrected chi connectivity index (χ4v) is 2.08. The van der Waals surface area contributed by atoms with Crippen LogP contribution in [0.25, 0.3) is 0 Å². The quantitative estimate of drug-likeness (QED) is 0.732. The Kier molecular flexibility index (Phi) is 4.54. The van der Waals surface area contributed by atoms with Gasteiger partial charge in [0, 0.05) is 26.2 Å². The Morgan fingerprint density at radius 1 is 1.53 bits per heavy atom. The van der Waals surface area contributed by atoms with Gasteiger partial charge in [-0.2, -0.15) is 0 Å². The van der Waals surface area contributed by atoms with Crippen molar-refractivity contribution in [1.82, 2.24) is 9.80 Å². The number of likely N-dealkylation sites (N-methyl/N-ethyl adjacent to an activating group) is 1. The van der Waals surface area contributed by atoms with Crippen molar-refractivity contribution in [3.63, 3.8) is 0 Å². The molecule has 4 nitrogen and oxygen atoms in total. The van der Waals surface area contributed by atoms with E-state index in [0.717, 1.165) is 26.1 Å². The van der Waals surface area contributed by atoms with E-state index in [1.165, 1.54) is 0 Å². The zero-order chi connectivity index (χ0) is 11.4. The fourth-order valence-electron chi connectivity index (χ4n) is 2.08. The molecule has 1 rings (SSSR count). The second-order valence-electron chi connectivity index (χ2n) is 4.12. The van der Waals surface area contributed by atoms with E-state index in [-0.39, 0.29) is 18.1 Å². The minimum atomic E-state index is -0.253. The highest BCUT2D eigenvalue weighted by molar-refractivity contribution is 5.81. The maximum atomic E-state index is 12.0. The normalized spacial score (nSPS) is 24.1. The monoisotopic (exact) mass is 214 g/mol. The molecule has 2 atom stereocenters. The van der Waals surface area contributed by atoms with Gasteiger partial charge in [-0.05, 0) is 27.2 Å². The van der Waals surface area contributed by atoms with Crippen molar-refractivity contribution >= 4 is 5.91 Å². The number of rotatable bonds is 4. The molecule has 88 valence electrons. The standard InChI is InChI=1S/C11H22N2O2/c1-4-12(5-2)11(15)9(3)13-7-6-10(14)8-13/h9-10,14H,4-8H2,1-3H3. The van der Waals surface area contributed by atoms with E-state index in [1.54, 1.807) is 0 Å². The second kappa shape index (κ2) is 5.47. The molecule has 0 aliphatic carbocycles. The molecule has 0 saturated carbocycles. The molecule has 1 heterocycles. The van der Waals surface area contributed by atoms with Crippen LogP contribution in [0.15, 0.2) is 0 Å². The highest BCUT2D eigenvalue weighted by atomic mass is 16.3. The molecule has 0 aromatic heterocycles. The highest BCUT2D eigenvalue weighted by Crippen LogP contribution is 2.14. The van der Waals surface area contributed by atoms with Crippen LogP contribution >= 0.6 is 0 Å². The number of hydrogen-bond donors (Lipinski definition) is 1. The zero-order valence-corrected chi connectivity index (χ0v) is 9.94. The van der Waals surface area contributed by atoms with Gasteiger partial charge in [-0.25, -0.2) is 0 Å². The molecule has 0 aromatic rings. The summed E-state index contributed by atoms with van der Waals surface area (Å²) in [5.41, 5.74) is 0. The molecule has 1 amide bonds. The van der Waals surface area contributed by atoms with Crippen LogP contribution in [0.5, 0.6) is 0 Å². The average Bonchev–Trinajstić information content (AvgIpc) is 2.65. The largest absolute Gasteiger partial charge is 0.392 e. The second-order valence-corrected chi connectivity index (χ2v) is 4.12. The van der Waals surface area contributed by atoms with E-state index in [9.17, 15) is 9.90 Å². The van der Waals surface area contributed by atoms with Crippen molar-refractivity contribution in [3.8, 4) is 0 Å². The Morgan fingerprint density at radius 2 is 2.13 bits per heavy atom. The van der Waals surface area contributed by atoms with Crippen LogP contribution in [0.4, 0.5) is 0 Å². The van der Waals surface area contributed by atoms with E-state index in [4.69, 9.17) is 0 Å². The lowest BCUT2D eigenvalue weighted by Gasteiger charge is -2.28. The summed E-state index contributed by atoms with van der Waals surface area (Å²) < 4.78 is 0. The van der Waals surface area contributed by atoms with E-state index >= 15 is 0 Å². The molecule has 1 N–H and O–H groups in total. The number of likely N-dealkylation sites (tertiary alicyclic amines) is 1. The molecule has 0 radical (unpaired) electrons. The minimum absolute atomic E-state index is 0.0953. The Balaban J connectivity index is 2.52. The third-order valence-electron chi connectivity index (χ3n) is 3.18. The van der Waals surface area contributed by atoms with Crippen molar-refractivity contribution in [2.24, 2.45) is 0 Å². The van der Waals surface area contributed by atoms with Crippen LogP contribution in [0.3, 0.4) is 0 Å². The lowest BCUT2D eigenvalue weighted by molar-refractivity contribution is -0.135. The summed E-state index contributed by atoms with van der Waals surface area (Å²) in [6.45, 7) is 8.90. The summed E-state index contributed by atoms with van der Waals surface area (Å²) in [6, 6.07) is -0.0953. The van der Waals surface area contributed by atoms with Crippen LogP contribution in [-0.2, 0) is 4.79 Å². The topological polar surface area (TPSA) is 43.8 Å². The molecule has 1 fully saturated rings. The lowest BCUT2D eigenvalue weighted by Crippen LogP contribution is -2.46. The first-order chi connectivity index (χ1) is 7.10. The van der Waals surface area contributed by atoms with E-state index < -0.39 is 0 Å². The molecule has 0 bridgehead atoms. The Labute approximate surface area is 91.9 Å². The summed E-state index contributed by atoms with van der Waals surface area (Å²) in [4.78, 5) is 15.9. The van der Waals surface area contributed by atoms with E-state index in [1.807, 2.05) is 25.7 Å².